The third-order valence-electron chi connectivity index (χ3n) is 6.99. The molecule has 1 aliphatic heterocycles. The quantitative estimate of drug-likeness (QED) is 0.339. The van der Waals surface area contributed by atoms with Crippen molar-refractivity contribution in [2.45, 2.75) is 74.9 Å². The number of likely N-dealkylation sites (tertiary alicyclic amines) is 1. The number of amides is 3. The van der Waals surface area contributed by atoms with Gasteiger partial charge in [-0.25, -0.2) is 4.98 Å². The maximum atomic E-state index is 15.1. The van der Waals surface area contributed by atoms with Crippen LogP contribution in [0.1, 0.15) is 37.9 Å². The Hall–Kier alpha value is -1.65. The molecule has 1 unspecified atom stereocenters. The van der Waals surface area contributed by atoms with Gasteiger partial charge < -0.3 is 0 Å². The number of benzene rings is 1. The van der Waals surface area contributed by atoms with Crippen molar-refractivity contribution in [2.75, 3.05) is 6.54 Å². The van der Waals surface area contributed by atoms with Crippen LogP contribution in [-0.2, 0) is 20.9 Å². The molecule has 1 saturated heterocycles. The standard InChI is InChI=1S/C25H30F2N4O4S2.Tl/c1-13-19(37-12-29-13)15-6-4-14(5-7-15)10-28-21(33)18-17(26)16(32)11-31(18)22(34)20(24(2,3)36)30-23(35)25(27)8-9-25;/h4-7,12,16-18,20,32,36H,8-11H2,1-3H3,(H,28,33)(H,30,35);/q;+1/p-1/t16-,17-,18-,20?;/m0./s1. The molecular formula is C25H29F2N4O4S2Tl. The monoisotopic (exact) mass is 756 g/mol. The van der Waals surface area contributed by atoms with Crippen molar-refractivity contribution in [1.29, 1.82) is 0 Å². The van der Waals surface area contributed by atoms with Crippen LogP contribution in [0.2, 0.25) is 0 Å². The summed E-state index contributed by atoms with van der Waals surface area (Å²) in [6, 6.07) is 4.75. The van der Waals surface area contributed by atoms with Gasteiger partial charge in [-0.15, -0.1) is 11.3 Å². The van der Waals surface area contributed by atoms with Gasteiger partial charge in [0.05, 0.1) is 16.1 Å². The zero-order chi connectivity index (χ0) is 27.8. The molecule has 38 heavy (non-hydrogen) atoms. The fourth-order valence-corrected chi connectivity index (χ4v) is 7.02. The number of aromatic nitrogens is 1. The average Bonchev–Trinajstić information content (AvgIpc) is 3.39. The Kier molecular flexibility index (Phi) is 8.84. The van der Waals surface area contributed by atoms with Gasteiger partial charge >= 0.3 is 198 Å². The molecule has 1 aromatic carbocycles. The molecule has 0 spiro atoms. The van der Waals surface area contributed by atoms with E-state index in [1.54, 1.807) is 19.4 Å². The average molecular weight is 756 g/mol. The summed E-state index contributed by atoms with van der Waals surface area (Å²) in [7, 11) is 1.44. The Bertz CT molecular complexity index is 1210. The third kappa shape index (κ3) is 6.07. The van der Waals surface area contributed by atoms with E-state index in [1.807, 2.05) is 31.2 Å². The van der Waals surface area contributed by atoms with Crippen molar-refractivity contribution >= 4 is 61.6 Å². The maximum absolute atomic E-state index is 15.1. The predicted molar refractivity (Wildman–Crippen MR) is 143 cm³/mol. The van der Waals surface area contributed by atoms with E-state index in [4.69, 9.17) is 0 Å². The number of nitrogens with one attached hydrogen (secondary N) is 2. The molecule has 1 saturated carbocycles. The Morgan fingerprint density at radius 3 is 2.53 bits per heavy atom. The Labute approximate surface area is 242 Å². The first-order valence-corrected chi connectivity index (χ1v) is 19.4. The molecule has 0 bridgehead atoms. The third-order valence-corrected chi connectivity index (χ3v) is 15.9. The van der Waals surface area contributed by atoms with Crippen LogP contribution in [0.5, 0.6) is 0 Å². The molecule has 1 aliphatic carbocycles. The number of hydrogen-bond donors (Lipinski definition) is 3. The fourth-order valence-electron chi connectivity index (χ4n) is 4.32. The second-order valence-electron chi connectivity index (χ2n) is 10.2. The minimum absolute atomic E-state index is 0.0841. The summed E-state index contributed by atoms with van der Waals surface area (Å²) in [5.41, 5.74) is 2.47. The van der Waals surface area contributed by atoms with Crippen molar-refractivity contribution in [3.63, 3.8) is 0 Å². The molecule has 3 N–H and O–H groups in total. The number of β-amino-alcohol motifs (C(OH)–C–C–N with tert-alkyl or cyclic N) is 1. The zero-order valence-corrected chi connectivity index (χ0v) is 27.4. The molecule has 13 heteroatoms. The van der Waals surface area contributed by atoms with E-state index in [9.17, 15) is 23.9 Å². The van der Waals surface area contributed by atoms with Crippen molar-refractivity contribution in [2.24, 2.45) is 0 Å². The fraction of sp³-hybridized carbons (Fsp3) is 0.520. The molecule has 3 amide bonds. The SMILES string of the molecule is Cc1ncsc1-c1ccc(CNC(=O)[C@@H]2[C@@H](F)[C@@H](O)CN2C(=O)C(NC(=O)C2(F)CC2)C(C)(C)[S][Tl])cc1. The number of carbonyl (C=O) groups excluding carboxylic acids is 3. The molecule has 1 aromatic heterocycles. The van der Waals surface area contributed by atoms with Gasteiger partial charge in [-0.05, 0) is 12.5 Å². The minimum atomic E-state index is -2.00. The van der Waals surface area contributed by atoms with E-state index < -0.39 is 59.0 Å². The summed E-state index contributed by atoms with van der Waals surface area (Å²) in [6.45, 7) is 5.10. The van der Waals surface area contributed by atoms with Gasteiger partial charge in [0.25, 0.3) is 0 Å². The van der Waals surface area contributed by atoms with Gasteiger partial charge in [0, 0.05) is 0 Å². The Balaban J connectivity index is 1.47. The van der Waals surface area contributed by atoms with Gasteiger partial charge in [0.15, 0.2) is 0 Å². The summed E-state index contributed by atoms with van der Waals surface area (Å²) in [6.07, 6.45) is -3.39. The molecular weight excluding hydrogens is 727 g/mol. The number of halogens is 2. The van der Waals surface area contributed by atoms with Crippen LogP contribution in [0.4, 0.5) is 8.78 Å². The first-order chi connectivity index (χ1) is 17.9. The van der Waals surface area contributed by atoms with Crippen LogP contribution < -0.4 is 10.6 Å². The zero-order valence-electron chi connectivity index (χ0n) is 21.2. The number of carbonyl (C=O) groups is 3. The molecule has 4 atom stereocenters. The van der Waals surface area contributed by atoms with Crippen LogP contribution in [-0.4, -0.2) is 98.3 Å². The van der Waals surface area contributed by atoms with E-state index in [0.717, 1.165) is 26.6 Å². The van der Waals surface area contributed by atoms with Crippen molar-refractivity contribution < 1.29 is 28.3 Å². The first kappa shape index (κ1) is 29.3. The van der Waals surface area contributed by atoms with Crippen LogP contribution >= 0.6 is 19.6 Å². The number of nitrogens with zero attached hydrogens (tertiary/aromatic N) is 2. The second-order valence-corrected chi connectivity index (χ2v) is 15.1. The summed E-state index contributed by atoms with van der Waals surface area (Å²) in [5, 5.41) is 15.4. The van der Waals surface area contributed by atoms with E-state index in [1.165, 1.54) is 19.6 Å². The molecule has 2 aliphatic rings. The second kappa shape index (κ2) is 11.5. The van der Waals surface area contributed by atoms with E-state index >= 15 is 4.39 Å². The number of rotatable bonds is 9. The summed E-state index contributed by atoms with van der Waals surface area (Å²) >= 11 is 1.93. The summed E-state index contributed by atoms with van der Waals surface area (Å²) < 4.78 is 28.6. The topological polar surface area (TPSA) is 112 Å². The van der Waals surface area contributed by atoms with Crippen molar-refractivity contribution in [3.8, 4) is 10.4 Å². The molecule has 8 nitrogen and oxygen atoms in total. The number of alkyl halides is 2. The van der Waals surface area contributed by atoms with E-state index in [-0.39, 0.29) is 19.4 Å². The summed E-state index contributed by atoms with van der Waals surface area (Å²) in [5.74, 6) is -2.35. The Morgan fingerprint density at radius 1 is 1.32 bits per heavy atom. The Morgan fingerprint density at radius 2 is 1.97 bits per heavy atom. The number of hydrogen-bond acceptors (Lipinski definition) is 7. The van der Waals surface area contributed by atoms with Crippen molar-refractivity contribution in [1.82, 2.24) is 20.5 Å². The number of aliphatic hydroxyl groups excluding tert-OH is 1. The number of aryl methyl sites for hydroxylation is 1. The first-order valence-electron chi connectivity index (χ1n) is 12.2. The van der Waals surface area contributed by atoms with E-state index in [2.05, 4.69) is 15.6 Å². The molecule has 2 heterocycles. The molecule has 2 fully saturated rings. The number of thiazole rings is 1. The normalized spacial score (nSPS) is 23.1. The molecule has 202 valence electrons. The van der Waals surface area contributed by atoms with Gasteiger partial charge in [-0.3, -0.25) is 0 Å². The molecule has 0 radical (unpaired) electrons. The predicted octanol–water partition coefficient (Wildman–Crippen LogP) is 2.23. The van der Waals surface area contributed by atoms with Crippen molar-refractivity contribution in [3.05, 3.63) is 41.0 Å². The van der Waals surface area contributed by atoms with Crippen LogP contribution in [0.3, 0.4) is 0 Å². The van der Waals surface area contributed by atoms with Gasteiger partial charge in [0.1, 0.15) is 0 Å². The van der Waals surface area contributed by atoms with Crippen LogP contribution in [0.15, 0.2) is 29.8 Å². The summed E-state index contributed by atoms with van der Waals surface area (Å²) in [4.78, 5) is 45.5. The van der Waals surface area contributed by atoms with Gasteiger partial charge in [0.2, 0.25) is 0 Å². The molecule has 2 aromatic rings. The number of aliphatic hydroxyl groups is 1. The van der Waals surface area contributed by atoms with E-state index in [0.29, 0.717) is 24.3 Å². The van der Waals surface area contributed by atoms with Gasteiger partial charge in [-0.2, -0.15) is 0 Å². The van der Waals surface area contributed by atoms with Crippen LogP contribution in [0.25, 0.3) is 10.4 Å². The van der Waals surface area contributed by atoms with Gasteiger partial charge in [-0.1, -0.05) is 0 Å². The molecule has 4 rings (SSSR count). The van der Waals surface area contributed by atoms with Crippen LogP contribution in [0, 0.1) is 6.92 Å².